The van der Waals surface area contributed by atoms with E-state index in [1.54, 1.807) is 17.0 Å². The topological polar surface area (TPSA) is 66.5 Å². The second-order valence-corrected chi connectivity index (χ2v) is 9.46. The summed E-state index contributed by atoms with van der Waals surface area (Å²) in [6, 6.07) is 17.6. The van der Waals surface area contributed by atoms with Crippen molar-refractivity contribution in [3.8, 4) is 0 Å². The zero-order valence-electron chi connectivity index (χ0n) is 16.6. The second-order valence-electron chi connectivity index (χ2n) is 7.40. The van der Waals surface area contributed by atoms with Gasteiger partial charge in [-0.25, -0.2) is 8.42 Å². The van der Waals surface area contributed by atoms with E-state index < -0.39 is 10.0 Å². The third kappa shape index (κ3) is 3.80. The molecule has 0 spiro atoms. The molecule has 0 atom stereocenters. The molecule has 0 fully saturated rings. The second kappa shape index (κ2) is 7.78. The number of carbonyl (C=O) groups is 1. The molecule has 30 heavy (non-hydrogen) atoms. The van der Waals surface area contributed by atoms with Crippen LogP contribution in [0.4, 0.5) is 11.4 Å². The van der Waals surface area contributed by atoms with Gasteiger partial charge >= 0.3 is 0 Å². The number of amides is 1. The summed E-state index contributed by atoms with van der Waals surface area (Å²) in [4.78, 5) is 14.7. The minimum absolute atomic E-state index is 0.0613. The maximum atomic E-state index is 13.1. The molecular weight excluding hydrogens is 420 g/mol. The van der Waals surface area contributed by atoms with Crippen LogP contribution in [0.15, 0.2) is 65.6 Å². The number of nitrogens with one attached hydrogen (secondary N) is 1. The van der Waals surface area contributed by atoms with Crippen LogP contribution in [0.1, 0.15) is 27.0 Å². The Morgan fingerprint density at radius 2 is 1.80 bits per heavy atom. The highest BCUT2D eigenvalue weighted by molar-refractivity contribution is 7.92. The van der Waals surface area contributed by atoms with Crippen LogP contribution in [0.5, 0.6) is 0 Å². The van der Waals surface area contributed by atoms with Crippen LogP contribution in [0.2, 0.25) is 5.02 Å². The highest BCUT2D eigenvalue weighted by Crippen LogP contribution is 2.31. The summed E-state index contributed by atoms with van der Waals surface area (Å²) in [5.41, 5.74) is 4.44. The Bertz CT molecular complexity index is 1260. The van der Waals surface area contributed by atoms with Crippen molar-refractivity contribution in [2.45, 2.75) is 25.2 Å². The third-order valence-corrected chi connectivity index (χ3v) is 7.08. The summed E-state index contributed by atoms with van der Waals surface area (Å²) >= 11 is 6.22. The summed E-state index contributed by atoms with van der Waals surface area (Å²) in [6.45, 7) is 4.27. The van der Waals surface area contributed by atoms with Gasteiger partial charge in [0.15, 0.2) is 0 Å². The molecule has 3 aromatic carbocycles. The molecule has 7 heteroatoms. The molecule has 1 aliphatic heterocycles. The van der Waals surface area contributed by atoms with E-state index in [4.69, 9.17) is 11.6 Å². The molecule has 1 aliphatic rings. The van der Waals surface area contributed by atoms with Crippen molar-refractivity contribution in [2.24, 2.45) is 0 Å². The average Bonchev–Trinajstić information content (AvgIpc) is 3.14. The van der Waals surface area contributed by atoms with Crippen LogP contribution in [0.25, 0.3) is 0 Å². The monoisotopic (exact) mass is 440 g/mol. The number of hydrogen-bond donors (Lipinski definition) is 1. The summed E-state index contributed by atoms with van der Waals surface area (Å²) in [7, 11) is -3.98. The van der Waals surface area contributed by atoms with Crippen molar-refractivity contribution < 1.29 is 13.2 Å². The lowest BCUT2D eigenvalue weighted by Gasteiger charge is -2.18. The molecule has 0 bridgehead atoms. The first kappa shape index (κ1) is 20.4. The third-order valence-electron chi connectivity index (χ3n) is 5.24. The minimum Gasteiger partial charge on any atom is -0.308 e. The summed E-state index contributed by atoms with van der Waals surface area (Å²) in [5, 5.41) is 0.0613. The van der Waals surface area contributed by atoms with Gasteiger partial charge in [-0.05, 0) is 67.3 Å². The molecule has 1 N–H and O–H groups in total. The number of benzene rings is 3. The molecular formula is C23H21ClN2O3S. The number of halogens is 1. The van der Waals surface area contributed by atoms with Gasteiger partial charge in [-0.1, -0.05) is 41.9 Å². The van der Waals surface area contributed by atoms with E-state index in [9.17, 15) is 13.2 Å². The van der Waals surface area contributed by atoms with Crippen molar-refractivity contribution in [3.63, 3.8) is 0 Å². The number of fused-ring (bicyclic) bond motifs is 1. The molecule has 5 nitrogen and oxygen atoms in total. The molecule has 1 amide bonds. The Balaban J connectivity index is 1.68. The zero-order valence-corrected chi connectivity index (χ0v) is 18.2. The number of aryl methyl sites for hydroxylation is 2. The Kier molecular flexibility index (Phi) is 5.30. The first-order chi connectivity index (χ1) is 14.3. The SMILES string of the molecule is Cc1ccc(C)c(NS(=O)(=O)c2cc(C(=O)N3CCc4ccccc43)ccc2Cl)c1. The maximum absolute atomic E-state index is 13.1. The fraction of sp³-hybridized carbons (Fsp3) is 0.174. The molecule has 4 rings (SSSR count). The zero-order chi connectivity index (χ0) is 21.5. The van der Waals surface area contributed by atoms with Crippen molar-refractivity contribution >= 4 is 38.9 Å². The lowest BCUT2D eigenvalue weighted by molar-refractivity contribution is 0.0989. The highest BCUT2D eigenvalue weighted by atomic mass is 35.5. The van der Waals surface area contributed by atoms with E-state index in [0.717, 1.165) is 28.8 Å². The number of carbonyl (C=O) groups excluding carboxylic acids is 1. The molecule has 0 saturated heterocycles. The Morgan fingerprint density at radius 3 is 2.60 bits per heavy atom. The van der Waals surface area contributed by atoms with Crippen LogP contribution < -0.4 is 9.62 Å². The van der Waals surface area contributed by atoms with Crippen LogP contribution in [0, 0.1) is 13.8 Å². The van der Waals surface area contributed by atoms with E-state index in [-0.39, 0.29) is 21.4 Å². The molecule has 0 aliphatic carbocycles. The Morgan fingerprint density at radius 1 is 1.03 bits per heavy atom. The lowest BCUT2D eigenvalue weighted by atomic mass is 10.1. The normalized spacial score (nSPS) is 13.2. The molecule has 1 heterocycles. The van der Waals surface area contributed by atoms with Gasteiger partial charge < -0.3 is 4.90 Å². The number of hydrogen-bond acceptors (Lipinski definition) is 3. The summed E-state index contributed by atoms with van der Waals surface area (Å²) in [5.74, 6) is -0.250. The van der Waals surface area contributed by atoms with Gasteiger partial charge in [0.1, 0.15) is 4.90 Å². The summed E-state index contributed by atoms with van der Waals surface area (Å²) in [6.07, 6.45) is 0.773. The fourth-order valence-electron chi connectivity index (χ4n) is 3.59. The van der Waals surface area contributed by atoms with Crippen LogP contribution in [-0.2, 0) is 16.4 Å². The van der Waals surface area contributed by atoms with Crippen molar-refractivity contribution in [1.29, 1.82) is 0 Å². The number of nitrogens with zero attached hydrogens (tertiary/aromatic N) is 1. The largest absolute Gasteiger partial charge is 0.308 e. The molecule has 0 saturated carbocycles. The molecule has 3 aromatic rings. The van der Waals surface area contributed by atoms with Crippen molar-refractivity contribution in [3.05, 3.63) is 87.9 Å². The van der Waals surface area contributed by atoms with E-state index in [1.165, 1.54) is 12.1 Å². The molecule has 0 unspecified atom stereocenters. The molecule has 0 aromatic heterocycles. The Hall–Kier alpha value is -2.83. The van der Waals surface area contributed by atoms with E-state index >= 15 is 0 Å². The van der Waals surface area contributed by atoms with Gasteiger partial charge in [0, 0.05) is 17.8 Å². The first-order valence-electron chi connectivity index (χ1n) is 9.56. The summed E-state index contributed by atoms with van der Waals surface area (Å²) < 4.78 is 28.7. The van der Waals surface area contributed by atoms with Crippen LogP contribution in [-0.4, -0.2) is 20.9 Å². The smallest absolute Gasteiger partial charge is 0.263 e. The van der Waals surface area contributed by atoms with Gasteiger partial charge in [-0.2, -0.15) is 0 Å². The van der Waals surface area contributed by atoms with Crippen LogP contribution in [0.3, 0.4) is 0 Å². The maximum Gasteiger partial charge on any atom is 0.263 e. The molecule has 0 radical (unpaired) electrons. The Labute approximate surface area is 181 Å². The van der Waals surface area contributed by atoms with Gasteiger partial charge in [-0.3, -0.25) is 9.52 Å². The standard InChI is InChI=1S/C23H21ClN2O3S/c1-15-7-8-16(2)20(13-15)25-30(28,29)22-14-18(9-10-19(22)24)23(27)26-12-11-17-5-3-4-6-21(17)26/h3-10,13-14,25H,11-12H2,1-2H3. The van der Waals surface area contributed by atoms with Gasteiger partial charge in [0.2, 0.25) is 0 Å². The van der Waals surface area contributed by atoms with E-state index in [0.29, 0.717) is 12.2 Å². The van der Waals surface area contributed by atoms with Crippen molar-refractivity contribution in [1.82, 2.24) is 0 Å². The van der Waals surface area contributed by atoms with E-state index in [2.05, 4.69) is 4.72 Å². The van der Waals surface area contributed by atoms with Crippen molar-refractivity contribution in [2.75, 3.05) is 16.2 Å². The predicted molar refractivity (Wildman–Crippen MR) is 120 cm³/mol. The van der Waals surface area contributed by atoms with Crippen LogP contribution >= 0.6 is 11.6 Å². The first-order valence-corrected chi connectivity index (χ1v) is 11.4. The average molecular weight is 441 g/mol. The van der Waals surface area contributed by atoms with Gasteiger partial charge in [0.05, 0.1) is 10.7 Å². The fourth-order valence-corrected chi connectivity index (χ4v) is 5.24. The van der Waals surface area contributed by atoms with Gasteiger partial charge in [-0.15, -0.1) is 0 Å². The number of para-hydroxylation sites is 1. The number of sulfonamides is 1. The van der Waals surface area contributed by atoms with E-state index in [1.807, 2.05) is 50.2 Å². The lowest BCUT2D eigenvalue weighted by Crippen LogP contribution is -2.29. The molecule has 154 valence electrons. The van der Waals surface area contributed by atoms with Gasteiger partial charge in [0.25, 0.3) is 15.9 Å². The number of rotatable bonds is 4. The predicted octanol–water partition coefficient (Wildman–Crippen LogP) is 4.96. The quantitative estimate of drug-likeness (QED) is 0.623. The number of anilines is 2. The minimum atomic E-state index is -3.98. The highest BCUT2D eigenvalue weighted by Gasteiger charge is 2.27.